The zero-order valence-corrected chi connectivity index (χ0v) is 8.34. The fourth-order valence-corrected chi connectivity index (χ4v) is 1.18. The van der Waals surface area contributed by atoms with Gasteiger partial charge in [-0.1, -0.05) is 30.3 Å². The average Bonchev–Trinajstić information content (AvgIpc) is 2.26. The molecular weight excluding hydrogens is 196 g/mol. The Labute approximate surface area is 87.5 Å². The third-order valence-corrected chi connectivity index (χ3v) is 2.03. The van der Waals surface area contributed by atoms with Gasteiger partial charge in [0.25, 0.3) is 0 Å². The average molecular weight is 208 g/mol. The van der Waals surface area contributed by atoms with E-state index in [0.29, 0.717) is 5.56 Å². The number of methoxy groups -OCH3 is 1. The first kappa shape index (κ1) is 11.4. The molecule has 4 nitrogen and oxygen atoms in total. The number of carbonyl (C=O) groups is 2. The van der Waals surface area contributed by atoms with Gasteiger partial charge in [0.05, 0.1) is 0 Å². The Bertz CT molecular complexity index is 345. The maximum Gasteiger partial charge on any atom is 0.333 e. The van der Waals surface area contributed by atoms with Crippen LogP contribution in [0.1, 0.15) is 16.8 Å². The van der Waals surface area contributed by atoms with Gasteiger partial charge in [0, 0.05) is 19.1 Å². The summed E-state index contributed by atoms with van der Waals surface area (Å²) in [5.74, 6) is -1.35. The summed E-state index contributed by atoms with van der Waals surface area (Å²) in [5.41, 5.74) is 0.501. The van der Waals surface area contributed by atoms with Crippen molar-refractivity contribution in [2.45, 2.75) is 12.5 Å². The lowest BCUT2D eigenvalue weighted by molar-refractivity contribution is -0.148. The first-order valence-electron chi connectivity index (χ1n) is 4.49. The van der Waals surface area contributed by atoms with Crippen molar-refractivity contribution in [3.8, 4) is 0 Å². The molecule has 0 saturated heterocycles. The Morgan fingerprint density at radius 3 is 2.40 bits per heavy atom. The summed E-state index contributed by atoms with van der Waals surface area (Å²) in [4.78, 5) is 22.2. The number of benzene rings is 1. The lowest BCUT2D eigenvalue weighted by Crippen LogP contribution is -2.25. The van der Waals surface area contributed by atoms with Crippen molar-refractivity contribution in [1.82, 2.24) is 0 Å². The van der Waals surface area contributed by atoms with E-state index in [-0.39, 0.29) is 12.2 Å². The van der Waals surface area contributed by atoms with Crippen molar-refractivity contribution in [3.05, 3.63) is 35.9 Å². The topological polar surface area (TPSA) is 63.6 Å². The highest BCUT2D eigenvalue weighted by Gasteiger charge is 2.20. The minimum absolute atomic E-state index is 0.143. The number of rotatable bonds is 5. The summed E-state index contributed by atoms with van der Waals surface area (Å²) in [6.07, 6.45) is -1.21. The molecule has 0 fully saturated rings. The SMILES string of the molecule is COC(CC(=O)c1ccccc1)C(=O)O. The van der Waals surface area contributed by atoms with E-state index < -0.39 is 12.1 Å². The largest absolute Gasteiger partial charge is 0.479 e. The van der Waals surface area contributed by atoms with Crippen LogP contribution in [0.2, 0.25) is 0 Å². The van der Waals surface area contributed by atoms with Crippen LogP contribution in [-0.4, -0.2) is 30.1 Å². The van der Waals surface area contributed by atoms with Gasteiger partial charge in [-0.3, -0.25) is 4.79 Å². The number of Topliss-reactive ketones (excluding diaryl/α,β-unsaturated/α-hetero) is 1. The highest BCUT2D eigenvalue weighted by atomic mass is 16.5. The number of carbonyl (C=O) groups excluding carboxylic acids is 1. The maximum absolute atomic E-state index is 11.6. The first-order valence-corrected chi connectivity index (χ1v) is 4.49. The predicted molar refractivity (Wildman–Crippen MR) is 53.8 cm³/mol. The van der Waals surface area contributed by atoms with Gasteiger partial charge in [-0.05, 0) is 0 Å². The van der Waals surface area contributed by atoms with Gasteiger partial charge in [0.1, 0.15) is 0 Å². The van der Waals surface area contributed by atoms with Gasteiger partial charge in [0.15, 0.2) is 11.9 Å². The molecule has 80 valence electrons. The summed E-state index contributed by atoms with van der Waals surface area (Å²) in [6.45, 7) is 0. The molecule has 0 heterocycles. The van der Waals surface area contributed by atoms with Crippen LogP contribution in [0.15, 0.2) is 30.3 Å². The first-order chi connectivity index (χ1) is 7.15. The molecule has 1 aromatic carbocycles. The Morgan fingerprint density at radius 2 is 1.93 bits per heavy atom. The van der Waals surface area contributed by atoms with E-state index >= 15 is 0 Å². The highest BCUT2D eigenvalue weighted by Crippen LogP contribution is 2.07. The van der Waals surface area contributed by atoms with E-state index in [9.17, 15) is 9.59 Å². The Balaban J connectivity index is 2.67. The highest BCUT2D eigenvalue weighted by molar-refractivity contribution is 5.98. The molecule has 0 saturated carbocycles. The van der Waals surface area contributed by atoms with E-state index in [1.165, 1.54) is 7.11 Å². The van der Waals surface area contributed by atoms with Crippen molar-refractivity contribution < 1.29 is 19.4 Å². The number of carboxylic acid groups (broad SMARTS) is 1. The lowest BCUT2D eigenvalue weighted by atomic mass is 10.1. The molecular formula is C11H12O4. The molecule has 4 heteroatoms. The lowest BCUT2D eigenvalue weighted by Gasteiger charge is -2.08. The number of hydrogen-bond acceptors (Lipinski definition) is 3. The van der Waals surface area contributed by atoms with Crippen LogP contribution >= 0.6 is 0 Å². The van der Waals surface area contributed by atoms with Gasteiger partial charge < -0.3 is 9.84 Å². The van der Waals surface area contributed by atoms with Crippen molar-refractivity contribution in [2.24, 2.45) is 0 Å². The summed E-state index contributed by atoms with van der Waals surface area (Å²) in [6, 6.07) is 8.56. The molecule has 1 rings (SSSR count). The molecule has 0 amide bonds. The third-order valence-electron chi connectivity index (χ3n) is 2.03. The van der Waals surface area contributed by atoms with Crippen LogP contribution in [0.5, 0.6) is 0 Å². The van der Waals surface area contributed by atoms with Crippen LogP contribution in [0.25, 0.3) is 0 Å². The summed E-state index contributed by atoms with van der Waals surface area (Å²) in [7, 11) is 1.27. The van der Waals surface area contributed by atoms with Gasteiger partial charge in [-0.15, -0.1) is 0 Å². The Hall–Kier alpha value is -1.68. The van der Waals surface area contributed by atoms with Crippen LogP contribution in [-0.2, 0) is 9.53 Å². The maximum atomic E-state index is 11.6. The molecule has 0 aliphatic rings. The molecule has 0 aliphatic carbocycles. The van der Waals surface area contributed by atoms with Crippen molar-refractivity contribution in [3.63, 3.8) is 0 Å². The fourth-order valence-electron chi connectivity index (χ4n) is 1.18. The molecule has 1 N–H and O–H groups in total. The molecule has 0 aliphatic heterocycles. The second-order valence-corrected chi connectivity index (χ2v) is 3.06. The van der Waals surface area contributed by atoms with Gasteiger partial charge in [-0.2, -0.15) is 0 Å². The van der Waals surface area contributed by atoms with E-state index in [0.717, 1.165) is 0 Å². The Kier molecular flexibility index (Phi) is 4.00. The monoisotopic (exact) mass is 208 g/mol. The van der Waals surface area contributed by atoms with Crippen LogP contribution in [0, 0.1) is 0 Å². The van der Waals surface area contributed by atoms with Gasteiger partial charge in [0.2, 0.25) is 0 Å². The van der Waals surface area contributed by atoms with Crippen LogP contribution < -0.4 is 0 Å². The van der Waals surface area contributed by atoms with E-state index in [2.05, 4.69) is 4.74 Å². The molecule has 0 bridgehead atoms. The van der Waals surface area contributed by atoms with Crippen molar-refractivity contribution in [2.75, 3.05) is 7.11 Å². The molecule has 0 aromatic heterocycles. The van der Waals surface area contributed by atoms with Gasteiger partial charge >= 0.3 is 5.97 Å². The molecule has 0 radical (unpaired) electrons. The molecule has 1 unspecified atom stereocenters. The summed E-state index contributed by atoms with van der Waals surface area (Å²) in [5, 5.41) is 8.69. The number of carboxylic acids is 1. The minimum atomic E-state index is -1.12. The van der Waals surface area contributed by atoms with Crippen molar-refractivity contribution >= 4 is 11.8 Å². The quantitative estimate of drug-likeness (QED) is 0.742. The standard InChI is InChI=1S/C11H12O4/c1-15-10(11(13)14)7-9(12)8-5-3-2-4-6-8/h2-6,10H,7H2,1H3,(H,13,14). The fraction of sp³-hybridized carbons (Fsp3) is 0.273. The second kappa shape index (κ2) is 5.26. The summed E-state index contributed by atoms with van der Waals surface area (Å²) >= 11 is 0. The number of ketones is 1. The molecule has 15 heavy (non-hydrogen) atoms. The van der Waals surface area contributed by atoms with Crippen LogP contribution in [0.4, 0.5) is 0 Å². The normalized spacial score (nSPS) is 12.1. The molecule has 0 spiro atoms. The predicted octanol–water partition coefficient (Wildman–Crippen LogP) is 1.36. The number of ether oxygens (including phenoxy) is 1. The van der Waals surface area contributed by atoms with Crippen molar-refractivity contribution in [1.29, 1.82) is 0 Å². The molecule has 1 atom stereocenters. The number of aliphatic carboxylic acids is 1. The minimum Gasteiger partial charge on any atom is -0.479 e. The molecule has 1 aromatic rings. The van der Waals surface area contributed by atoms with E-state index in [4.69, 9.17) is 5.11 Å². The van der Waals surface area contributed by atoms with E-state index in [1.807, 2.05) is 0 Å². The smallest absolute Gasteiger partial charge is 0.333 e. The summed E-state index contributed by atoms with van der Waals surface area (Å²) < 4.78 is 4.68. The second-order valence-electron chi connectivity index (χ2n) is 3.06. The Morgan fingerprint density at radius 1 is 1.33 bits per heavy atom. The number of hydrogen-bond donors (Lipinski definition) is 1. The third kappa shape index (κ3) is 3.18. The van der Waals surface area contributed by atoms with Crippen LogP contribution in [0.3, 0.4) is 0 Å². The van der Waals surface area contributed by atoms with Gasteiger partial charge in [-0.25, -0.2) is 4.79 Å². The zero-order valence-electron chi connectivity index (χ0n) is 8.34. The van der Waals surface area contributed by atoms with E-state index in [1.54, 1.807) is 30.3 Å². The zero-order chi connectivity index (χ0) is 11.3.